The van der Waals surface area contributed by atoms with Gasteiger partial charge in [-0.3, -0.25) is 4.90 Å². The van der Waals surface area contributed by atoms with Gasteiger partial charge in [0.15, 0.2) is 3.92 Å². The SMILES string of the molecule is Brc1nc2c(s1)CN(CCc1ccccc1)CC2. The van der Waals surface area contributed by atoms with Gasteiger partial charge in [-0.1, -0.05) is 30.3 Å². The predicted octanol–water partition coefficient (Wildman–Crippen LogP) is 3.51. The minimum atomic E-state index is 1.03. The maximum absolute atomic E-state index is 4.51. The molecule has 1 aliphatic heterocycles. The van der Waals surface area contributed by atoms with Crippen LogP contribution >= 0.6 is 27.3 Å². The van der Waals surface area contributed by atoms with Crippen LogP contribution in [0.5, 0.6) is 0 Å². The third kappa shape index (κ3) is 2.82. The highest BCUT2D eigenvalue weighted by Crippen LogP contribution is 2.28. The lowest BCUT2D eigenvalue weighted by Crippen LogP contribution is -2.31. The molecule has 0 N–H and O–H groups in total. The van der Waals surface area contributed by atoms with Gasteiger partial charge in [0.05, 0.1) is 5.69 Å². The first-order valence-corrected chi connectivity index (χ1v) is 7.82. The van der Waals surface area contributed by atoms with Crippen molar-refractivity contribution in [1.29, 1.82) is 0 Å². The molecule has 0 fully saturated rings. The highest BCUT2D eigenvalue weighted by molar-refractivity contribution is 9.11. The number of hydrogen-bond acceptors (Lipinski definition) is 3. The van der Waals surface area contributed by atoms with Crippen molar-refractivity contribution in [1.82, 2.24) is 9.88 Å². The Morgan fingerprint density at radius 1 is 1.28 bits per heavy atom. The molecule has 4 heteroatoms. The van der Waals surface area contributed by atoms with Crippen LogP contribution in [0.2, 0.25) is 0 Å². The number of hydrogen-bond donors (Lipinski definition) is 0. The number of aromatic nitrogens is 1. The summed E-state index contributed by atoms with van der Waals surface area (Å²) in [6.45, 7) is 3.33. The molecular formula is C14H15BrN2S. The van der Waals surface area contributed by atoms with E-state index in [4.69, 9.17) is 0 Å². The molecule has 0 aliphatic carbocycles. The van der Waals surface area contributed by atoms with E-state index in [0.717, 1.165) is 36.4 Å². The van der Waals surface area contributed by atoms with E-state index in [1.165, 1.54) is 16.1 Å². The molecular weight excluding hydrogens is 308 g/mol. The van der Waals surface area contributed by atoms with Crippen LogP contribution in [-0.2, 0) is 19.4 Å². The Morgan fingerprint density at radius 3 is 2.94 bits per heavy atom. The largest absolute Gasteiger partial charge is 0.297 e. The quantitative estimate of drug-likeness (QED) is 0.859. The lowest BCUT2D eigenvalue weighted by atomic mass is 10.1. The third-order valence-electron chi connectivity index (χ3n) is 3.34. The second-order valence-electron chi connectivity index (χ2n) is 4.60. The van der Waals surface area contributed by atoms with Gasteiger partial charge >= 0.3 is 0 Å². The molecule has 0 amide bonds. The van der Waals surface area contributed by atoms with E-state index < -0.39 is 0 Å². The summed E-state index contributed by atoms with van der Waals surface area (Å²) in [6.07, 6.45) is 2.22. The molecule has 3 rings (SSSR count). The highest BCUT2D eigenvalue weighted by atomic mass is 79.9. The van der Waals surface area contributed by atoms with Crippen molar-refractivity contribution in [2.45, 2.75) is 19.4 Å². The summed E-state index contributed by atoms with van der Waals surface area (Å²) < 4.78 is 1.03. The second-order valence-corrected chi connectivity index (χ2v) is 6.96. The predicted molar refractivity (Wildman–Crippen MR) is 78.9 cm³/mol. The third-order valence-corrected chi connectivity index (χ3v) is 4.88. The van der Waals surface area contributed by atoms with E-state index in [9.17, 15) is 0 Å². The summed E-state index contributed by atoms with van der Waals surface area (Å²) >= 11 is 5.26. The Kier molecular flexibility index (Phi) is 3.77. The van der Waals surface area contributed by atoms with Gasteiger partial charge in [0.2, 0.25) is 0 Å². The van der Waals surface area contributed by atoms with Crippen LogP contribution in [0.1, 0.15) is 16.1 Å². The molecule has 0 saturated carbocycles. The Hall–Kier alpha value is -0.710. The zero-order valence-electron chi connectivity index (χ0n) is 10.1. The fraction of sp³-hybridized carbons (Fsp3) is 0.357. The van der Waals surface area contributed by atoms with E-state index in [2.05, 4.69) is 56.1 Å². The van der Waals surface area contributed by atoms with Crippen LogP contribution in [0.15, 0.2) is 34.2 Å². The summed E-state index contributed by atoms with van der Waals surface area (Å²) in [4.78, 5) is 8.47. The molecule has 2 aromatic rings. The van der Waals surface area contributed by atoms with Crippen molar-refractivity contribution >= 4 is 27.3 Å². The van der Waals surface area contributed by atoms with Gasteiger partial charge in [-0.2, -0.15) is 0 Å². The number of fused-ring (bicyclic) bond motifs is 1. The molecule has 0 saturated heterocycles. The summed E-state index contributed by atoms with van der Waals surface area (Å²) in [5.74, 6) is 0. The number of nitrogens with zero attached hydrogens (tertiary/aromatic N) is 2. The average Bonchev–Trinajstić information content (AvgIpc) is 2.77. The van der Waals surface area contributed by atoms with E-state index >= 15 is 0 Å². The minimum Gasteiger partial charge on any atom is -0.297 e. The van der Waals surface area contributed by atoms with E-state index in [1.54, 1.807) is 11.3 Å². The normalized spacial score (nSPS) is 15.6. The molecule has 1 aliphatic rings. The number of benzene rings is 1. The van der Waals surface area contributed by atoms with Crippen LogP contribution < -0.4 is 0 Å². The fourth-order valence-electron chi connectivity index (χ4n) is 2.34. The number of halogens is 1. The standard InChI is InChI=1S/C14H15BrN2S/c15-14-16-12-7-9-17(10-13(12)18-14)8-6-11-4-2-1-3-5-11/h1-5H,6-10H2. The Labute approximate surface area is 120 Å². The monoisotopic (exact) mass is 322 g/mol. The van der Waals surface area contributed by atoms with Crippen LogP contribution in [0.3, 0.4) is 0 Å². The zero-order chi connectivity index (χ0) is 12.4. The topological polar surface area (TPSA) is 16.1 Å². The summed E-state index contributed by atoms with van der Waals surface area (Å²) in [7, 11) is 0. The maximum Gasteiger partial charge on any atom is 0.159 e. The van der Waals surface area contributed by atoms with Crippen LogP contribution in [0, 0.1) is 0 Å². The van der Waals surface area contributed by atoms with Crippen LogP contribution in [0.4, 0.5) is 0 Å². The highest BCUT2D eigenvalue weighted by Gasteiger charge is 2.19. The maximum atomic E-state index is 4.51. The molecule has 0 atom stereocenters. The molecule has 0 radical (unpaired) electrons. The van der Waals surface area contributed by atoms with Crippen molar-refractivity contribution in [3.05, 3.63) is 50.4 Å². The van der Waals surface area contributed by atoms with E-state index in [0.29, 0.717) is 0 Å². The molecule has 0 bridgehead atoms. The first-order chi connectivity index (χ1) is 8.81. The lowest BCUT2D eigenvalue weighted by Gasteiger charge is -2.25. The van der Waals surface area contributed by atoms with Gasteiger partial charge in [-0.05, 0) is 27.9 Å². The van der Waals surface area contributed by atoms with Gasteiger partial charge in [0, 0.05) is 30.9 Å². The van der Waals surface area contributed by atoms with Crippen molar-refractivity contribution in [2.24, 2.45) is 0 Å². The molecule has 2 nitrogen and oxygen atoms in total. The van der Waals surface area contributed by atoms with E-state index in [1.807, 2.05) is 0 Å². The summed E-state index contributed by atoms with van der Waals surface area (Å²) in [5, 5.41) is 0. The van der Waals surface area contributed by atoms with Crippen LogP contribution in [-0.4, -0.2) is 23.0 Å². The fourth-order valence-corrected chi connectivity index (χ4v) is 4.01. The lowest BCUT2D eigenvalue weighted by molar-refractivity contribution is 0.259. The van der Waals surface area contributed by atoms with Gasteiger partial charge in [0.25, 0.3) is 0 Å². The summed E-state index contributed by atoms with van der Waals surface area (Å²) in [6, 6.07) is 10.7. The van der Waals surface area contributed by atoms with Crippen molar-refractivity contribution in [3.63, 3.8) is 0 Å². The molecule has 1 aromatic carbocycles. The molecule has 2 heterocycles. The summed E-state index contributed by atoms with van der Waals surface area (Å²) in [5.41, 5.74) is 2.72. The smallest absolute Gasteiger partial charge is 0.159 e. The van der Waals surface area contributed by atoms with E-state index in [-0.39, 0.29) is 0 Å². The van der Waals surface area contributed by atoms with Crippen molar-refractivity contribution in [2.75, 3.05) is 13.1 Å². The van der Waals surface area contributed by atoms with Gasteiger partial charge in [0.1, 0.15) is 0 Å². The number of rotatable bonds is 3. The molecule has 18 heavy (non-hydrogen) atoms. The minimum absolute atomic E-state index is 1.03. The van der Waals surface area contributed by atoms with Gasteiger partial charge in [-0.25, -0.2) is 4.98 Å². The van der Waals surface area contributed by atoms with Gasteiger partial charge in [-0.15, -0.1) is 11.3 Å². The molecule has 94 valence electrons. The van der Waals surface area contributed by atoms with Crippen molar-refractivity contribution < 1.29 is 0 Å². The average molecular weight is 323 g/mol. The number of thiazole rings is 1. The molecule has 0 unspecified atom stereocenters. The van der Waals surface area contributed by atoms with Gasteiger partial charge < -0.3 is 0 Å². The Balaban J connectivity index is 1.60. The first kappa shape index (κ1) is 12.3. The molecule has 0 spiro atoms. The first-order valence-electron chi connectivity index (χ1n) is 6.21. The van der Waals surface area contributed by atoms with Crippen LogP contribution in [0.25, 0.3) is 0 Å². The Bertz CT molecular complexity index is 524. The zero-order valence-corrected chi connectivity index (χ0v) is 12.5. The molecule has 1 aromatic heterocycles. The van der Waals surface area contributed by atoms with Crippen molar-refractivity contribution in [3.8, 4) is 0 Å². The Morgan fingerprint density at radius 2 is 2.11 bits per heavy atom. The second kappa shape index (κ2) is 5.51.